The molecule has 1 fully saturated rings. The van der Waals surface area contributed by atoms with Gasteiger partial charge in [0.2, 0.25) is 0 Å². The third-order valence-electron chi connectivity index (χ3n) is 2.61. The van der Waals surface area contributed by atoms with Gasteiger partial charge in [0.05, 0.1) is 0 Å². The van der Waals surface area contributed by atoms with Gasteiger partial charge in [-0.3, -0.25) is 4.79 Å². The van der Waals surface area contributed by atoms with Crippen molar-refractivity contribution in [1.29, 1.82) is 0 Å². The minimum absolute atomic E-state index is 0.168. The molecule has 1 N–H and O–H groups in total. The smallest absolute Gasteiger partial charge is 0.254 e. The van der Waals surface area contributed by atoms with Crippen LogP contribution >= 0.6 is 0 Å². The lowest BCUT2D eigenvalue weighted by Gasteiger charge is -2.40. The lowest BCUT2D eigenvalue weighted by Crippen LogP contribution is -2.57. The van der Waals surface area contributed by atoms with E-state index < -0.39 is 5.60 Å². The van der Waals surface area contributed by atoms with Crippen molar-refractivity contribution in [2.24, 2.45) is 0 Å². The van der Waals surface area contributed by atoms with Crippen LogP contribution < -0.4 is 0 Å². The topological polar surface area (TPSA) is 43.8 Å². The highest BCUT2D eigenvalue weighted by molar-refractivity contribution is 5.84. The second kappa shape index (κ2) is 3.87. The number of amides is 1. The van der Waals surface area contributed by atoms with Crippen LogP contribution in [0.5, 0.6) is 0 Å². The van der Waals surface area contributed by atoms with Crippen LogP contribution in [-0.2, 0) is 4.79 Å². The summed E-state index contributed by atoms with van der Waals surface area (Å²) in [6.07, 6.45) is 0. The van der Waals surface area contributed by atoms with Crippen molar-refractivity contribution >= 4 is 5.91 Å². The predicted molar refractivity (Wildman–Crippen MR) is 55.0 cm³/mol. The van der Waals surface area contributed by atoms with Crippen LogP contribution in [0.1, 0.15) is 20.8 Å². The number of carbonyl (C=O) groups is 1. The molecule has 0 radical (unpaired) electrons. The molecular weight excluding hydrogens is 180 g/mol. The molecule has 0 aromatic rings. The van der Waals surface area contributed by atoms with Crippen LogP contribution in [0.15, 0.2) is 0 Å². The van der Waals surface area contributed by atoms with Crippen molar-refractivity contribution in [2.75, 3.05) is 26.7 Å². The highest BCUT2D eigenvalue weighted by Crippen LogP contribution is 2.14. The molecule has 1 amide bonds. The van der Waals surface area contributed by atoms with Gasteiger partial charge in [-0.05, 0) is 27.8 Å². The van der Waals surface area contributed by atoms with Gasteiger partial charge in [0, 0.05) is 25.7 Å². The third kappa shape index (κ3) is 2.45. The number of piperazine rings is 1. The summed E-state index contributed by atoms with van der Waals surface area (Å²) in [4.78, 5) is 15.8. The molecule has 1 atom stereocenters. The van der Waals surface area contributed by atoms with Crippen molar-refractivity contribution in [3.8, 4) is 0 Å². The zero-order chi connectivity index (χ0) is 10.9. The molecule has 0 saturated carbocycles. The number of hydrogen-bond acceptors (Lipinski definition) is 3. The Balaban J connectivity index is 2.65. The monoisotopic (exact) mass is 200 g/mol. The van der Waals surface area contributed by atoms with Crippen LogP contribution in [0.4, 0.5) is 0 Å². The maximum absolute atomic E-state index is 11.8. The minimum atomic E-state index is -1.25. The highest BCUT2D eigenvalue weighted by Gasteiger charge is 2.34. The third-order valence-corrected chi connectivity index (χ3v) is 2.61. The van der Waals surface area contributed by atoms with Gasteiger partial charge in [-0.15, -0.1) is 0 Å². The molecule has 1 heterocycles. The van der Waals surface area contributed by atoms with E-state index in [0.29, 0.717) is 6.54 Å². The first-order chi connectivity index (χ1) is 6.32. The van der Waals surface area contributed by atoms with Gasteiger partial charge in [0.25, 0.3) is 5.91 Å². The van der Waals surface area contributed by atoms with E-state index in [2.05, 4.69) is 4.90 Å². The lowest BCUT2D eigenvalue weighted by molar-refractivity contribution is -0.152. The molecule has 0 aliphatic carbocycles. The fourth-order valence-electron chi connectivity index (χ4n) is 1.79. The summed E-state index contributed by atoms with van der Waals surface area (Å²) in [5, 5.41) is 9.62. The fourth-order valence-corrected chi connectivity index (χ4v) is 1.79. The van der Waals surface area contributed by atoms with Crippen molar-refractivity contribution in [3.63, 3.8) is 0 Å². The molecule has 4 nitrogen and oxygen atoms in total. The molecule has 0 bridgehead atoms. The van der Waals surface area contributed by atoms with Crippen molar-refractivity contribution < 1.29 is 9.90 Å². The lowest BCUT2D eigenvalue weighted by atomic mass is 10.1. The number of hydrogen-bond donors (Lipinski definition) is 1. The molecule has 1 unspecified atom stereocenters. The van der Waals surface area contributed by atoms with E-state index in [1.165, 1.54) is 0 Å². The number of aliphatic hydroxyl groups is 1. The average molecular weight is 200 g/mol. The maximum Gasteiger partial charge on any atom is 0.254 e. The summed E-state index contributed by atoms with van der Waals surface area (Å²) >= 11 is 0. The van der Waals surface area contributed by atoms with E-state index in [-0.39, 0.29) is 11.9 Å². The van der Waals surface area contributed by atoms with Crippen molar-refractivity contribution in [2.45, 2.75) is 32.4 Å². The first kappa shape index (κ1) is 11.5. The molecule has 0 aromatic carbocycles. The Morgan fingerprint density at radius 1 is 1.43 bits per heavy atom. The minimum Gasteiger partial charge on any atom is -0.381 e. The Hall–Kier alpha value is -0.610. The van der Waals surface area contributed by atoms with Gasteiger partial charge < -0.3 is 14.9 Å². The first-order valence-electron chi connectivity index (χ1n) is 5.04. The second-order valence-electron chi connectivity index (χ2n) is 4.67. The van der Waals surface area contributed by atoms with E-state index in [1.54, 1.807) is 18.7 Å². The normalized spacial score (nSPS) is 25.2. The summed E-state index contributed by atoms with van der Waals surface area (Å²) < 4.78 is 0. The number of likely N-dealkylation sites (N-methyl/N-ethyl adjacent to an activating group) is 1. The molecule has 0 aromatic heterocycles. The fraction of sp³-hybridized carbons (Fsp3) is 0.900. The molecule has 1 aliphatic heterocycles. The van der Waals surface area contributed by atoms with Crippen LogP contribution in [-0.4, -0.2) is 59.1 Å². The molecule has 14 heavy (non-hydrogen) atoms. The zero-order valence-corrected chi connectivity index (χ0v) is 9.45. The Bertz CT molecular complexity index is 223. The molecule has 0 spiro atoms. The number of nitrogens with zero attached hydrogens (tertiary/aromatic N) is 2. The van der Waals surface area contributed by atoms with Crippen molar-refractivity contribution in [1.82, 2.24) is 9.80 Å². The van der Waals surface area contributed by atoms with Crippen LogP contribution in [0, 0.1) is 0 Å². The molecule has 1 saturated heterocycles. The van der Waals surface area contributed by atoms with Gasteiger partial charge in [0.1, 0.15) is 5.60 Å². The number of carbonyl (C=O) groups excluding carboxylic acids is 1. The van der Waals surface area contributed by atoms with E-state index in [0.717, 1.165) is 13.1 Å². The molecule has 82 valence electrons. The molecule has 4 heteroatoms. The predicted octanol–water partition coefficient (Wildman–Crippen LogP) is -0.0802. The maximum atomic E-state index is 11.8. The summed E-state index contributed by atoms with van der Waals surface area (Å²) in [5.74, 6) is -0.168. The van der Waals surface area contributed by atoms with Gasteiger partial charge in [-0.25, -0.2) is 0 Å². The van der Waals surface area contributed by atoms with Crippen LogP contribution in [0.25, 0.3) is 0 Å². The zero-order valence-electron chi connectivity index (χ0n) is 9.45. The van der Waals surface area contributed by atoms with Crippen LogP contribution in [0.2, 0.25) is 0 Å². The SMILES string of the molecule is CC1CN(C)CCN1C(=O)C(C)(C)O. The molecule has 1 rings (SSSR count). The molecular formula is C10H20N2O2. The summed E-state index contributed by atoms with van der Waals surface area (Å²) in [6.45, 7) is 7.56. The highest BCUT2D eigenvalue weighted by atomic mass is 16.3. The second-order valence-corrected chi connectivity index (χ2v) is 4.67. The van der Waals surface area contributed by atoms with Gasteiger partial charge in [0.15, 0.2) is 0 Å². The van der Waals surface area contributed by atoms with E-state index in [1.807, 2.05) is 14.0 Å². The quantitative estimate of drug-likeness (QED) is 0.644. The number of rotatable bonds is 1. The van der Waals surface area contributed by atoms with E-state index in [4.69, 9.17) is 0 Å². The van der Waals surface area contributed by atoms with Gasteiger partial charge in [-0.2, -0.15) is 0 Å². The Labute approximate surface area is 85.5 Å². The Morgan fingerprint density at radius 3 is 2.43 bits per heavy atom. The Kier molecular flexibility index (Phi) is 3.17. The van der Waals surface area contributed by atoms with E-state index >= 15 is 0 Å². The standard InChI is InChI=1S/C10H20N2O2/c1-8-7-11(4)5-6-12(8)9(13)10(2,3)14/h8,14H,5-7H2,1-4H3. The van der Waals surface area contributed by atoms with Gasteiger partial charge in [-0.1, -0.05) is 0 Å². The summed E-state index contributed by atoms with van der Waals surface area (Å²) in [7, 11) is 2.04. The summed E-state index contributed by atoms with van der Waals surface area (Å²) in [5.41, 5.74) is -1.25. The van der Waals surface area contributed by atoms with Crippen LogP contribution in [0.3, 0.4) is 0 Å². The average Bonchev–Trinajstić information content (AvgIpc) is 2.01. The van der Waals surface area contributed by atoms with Crippen molar-refractivity contribution in [3.05, 3.63) is 0 Å². The largest absolute Gasteiger partial charge is 0.381 e. The molecule has 1 aliphatic rings. The van der Waals surface area contributed by atoms with Gasteiger partial charge >= 0.3 is 0 Å². The summed E-state index contributed by atoms with van der Waals surface area (Å²) in [6, 6.07) is 0.188. The van der Waals surface area contributed by atoms with E-state index in [9.17, 15) is 9.90 Å². The first-order valence-corrected chi connectivity index (χ1v) is 5.04. The Morgan fingerprint density at radius 2 is 2.00 bits per heavy atom.